The molecule has 2 unspecified atom stereocenters. The van der Waals surface area contributed by atoms with E-state index in [9.17, 15) is 24.9 Å². The van der Waals surface area contributed by atoms with Gasteiger partial charge in [0.15, 0.2) is 6.23 Å². The van der Waals surface area contributed by atoms with Crippen LogP contribution < -0.4 is 4.74 Å². The lowest BCUT2D eigenvalue weighted by Gasteiger charge is -2.46. The van der Waals surface area contributed by atoms with Gasteiger partial charge in [0.05, 0.1) is 19.8 Å². The highest BCUT2D eigenvalue weighted by Gasteiger charge is 2.69. The summed E-state index contributed by atoms with van der Waals surface area (Å²) in [6, 6.07) is 6.82. The Morgan fingerprint density at radius 1 is 1.42 bits per heavy atom. The Bertz CT molecular complexity index is 742. The smallest absolute Gasteiger partial charge is 0.338 e. The molecule has 2 saturated heterocycles. The lowest BCUT2D eigenvalue weighted by atomic mass is 9.81. The summed E-state index contributed by atoms with van der Waals surface area (Å²) >= 11 is 0. The molecule has 8 heteroatoms. The average molecular weight is 363 g/mol. The molecule has 1 aromatic rings. The molecule has 0 aromatic heterocycles. The van der Waals surface area contributed by atoms with Crippen LogP contribution in [0.25, 0.3) is 0 Å². The number of fused-ring (bicyclic) bond motifs is 1. The zero-order valence-corrected chi connectivity index (χ0v) is 14.5. The predicted octanol–water partition coefficient (Wildman–Crippen LogP) is 0.133. The molecule has 2 aliphatic heterocycles. The Hall–Kier alpha value is -2.58. The summed E-state index contributed by atoms with van der Waals surface area (Å²) in [5.41, 5.74) is -1.10. The molecule has 3 rings (SSSR count). The van der Waals surface area contributed by atoms with Gasteiger partial charge in [-0.1, -0.05) is 12.1 Å². The monoisotopic (exact) mass is 363 g/mol. The third-order valence-electron chi connectivity index (χ3n) is 4.92. The Balaban J connectivity index is 2.03. The summed E-state index contributed by atoms with van der Waals surface area (Å²) in [4.78, 5) is 26.0. The standard InChI is InChI=1S/C18H21NO7/c1-10(21)14-15(22)19-16(14)26-13(7-8-20)18(19,17(23)24)9-11-3-5-12(25-2)6-4-11/h3-7,10,14,16,20-21H,8-9H2,1-2H3,(H,23,24)/b13-7-/t10?,14?,16-,18-/m1/s1. The van der Waals surface area contributed by atoms with Crippen LogP contribution in [-0.4, -0.2) is 63.7 Å². The van der Waals surface area contributed by atoms with Crippen LogP contribution in [0.5, 0.6) is 5.75 Å². The van der Waals surface area contributed by atoms with Crippen molar-refractivity contribution in [1.29, 1.82) is 0 Å². The number of aliphatic hydroxyl groups excluding tert-OH is 2. The summed E-state index contributed by atoms with van der Waals surface area (Å²) in [7, 11) is 1.53. The summed E-state index contributed by atoms with van der Waals surface area (Å²) < 4.78 is 10.8. The highest BCUT2D eigenvalue weighted by molar-refractivity contribution is 5.96. The number of hydrogen-bond donors (Lipinski definition) is 3. The molecular weight excluding hydrogens is 342 g/mol. The molecule has 2 aliphatic rings. The van der Waals surface area contributed by atoms with Crippen molar-refractivity contribution >= 4 is 11.9 Å². The summed E-state index contributed by atoms with van der Waals surface area (Å²) in [5.74, 6) is -1.94. The van der Waals surface area contributed by atoms with E-state index in [1.54, 1.807) is 24.3 Å². The first kappa shape index (κ1) is 18.2. The predicted molar refractivity (Wildman–Crippen MR) is 89.1 cm³/mol. The molecule has 1 aromatic carbocycles. The van der Waals surface area contributed by atoms with Gasteiger partial charge in [-0.15, -0.1) is 0 Å². The number of carbonyl (C=O) groups is 2. The second kappa shape index (κ2) is 6.62. The van der Waals surface area contributed by atoms with Gasteiger partial charge in [0.2, 0.25) is 11.4 Å². The van der Waals surface area contributed by atoms with Crippen molar-refractivity contribution < 1.29 is 34.4 Å². The average Bonchev–Trinajstić information content (AvgIpc) is 2.86. The molecule has 1 amide bonds. The zero-order chi connectivity index (χ0) is 19.1. The van der Waals surface area contributed by atoms with Crippen molar-refractivity contribution in [1.82, 2.24) is 4.90 Å². The second-order valence-corrected chi connectivity index (χ2v) is 6.42. The number of rotatable bonds is 6. The number of hydrogen-bond acceptors (Lipinski definition) is 6. The number of methoxy groups -OCH3 is 1. The summed E-state index contributed by atoms with van der Waals surface area (Å²) in [5, 5.41) is 29.1. The van der Waals surface area contributed by atoms with Crippen LogP contribution in [0.3, 0.4) is 0 Å². The highest BCUT2D eigenvalue weighted by atomic mass is 16.5. The van der Waals surface area contributed by atoms with Gasteiger partial charge in [0.25, 0.3) is 0 Å². The second-order valence-electron chi connectivity index (χ2n) is 6.42. The SMILES string of the molecule is COc1ccc(C[C@]2(C(=O)O)/C(=C/CO)O[C@@H]3C(C(C)O)C(=O)N32)cc1. The van der Waals surface area contributed by atoms with E-state index in [1.165, 1.54) is 20.1 Å². The molecule has 8 nitrogen and oxygen atoms in total. The highest BCUT2D eigenvalue weighted by Crippen LogP contribution is 2.49. The van der Waals surface area contributed by atoms with Crippen LogP contribution in [0.2, 0.25) is 0 Å². The minimum atomic E-state index is -1.76. The molecular formula is C18H21NO7. The van der Waals surface area contributed by atoms with E-state index in [4.69, 9.17) is 9.47 Å². The lowest BCUT2D eigenvalue weighted by Crippen LogP contribution is -2.70. The first-order valence-electron chi connectivity index (χ1n) is 8.22. The fourth-order valence-electron chi connectivity index (χ4n) is 3.60. The van der Waals surface area contributed by atoms with Crippen molar-refractivity contribution in [2.45, 2.75) is 31.2 Å². The number of benzene rings is 1. The number of amides is 1. The third kappa shape index (κ3) is 2.53. The zero-order valence-electron chi connectivity index (χ0n) is 14.5. The van der Waals surface area contributed by atoms with Gasteiger partial charge in [-0.2, -0.15) is 0 Å². The number of carboxylic acids is 1. The van der Waals surface area contributed by atoms with E-state index in [-0.39, 0.29) is 12.2 Å². The first-order chi connectivity index (χ1) is 12.4. The van der Waals surface area contributed by atoms with Gasteiger partial charge in [0.1, 0.15) is 17.4 Å². The molecule has 4 atom stereocenters. The van der Waals surface area contributed by atoms with Crippen molar-refractivity contribution in [3.8, 4) is 5.75 Å². The number of nitrogens with zero attached hydrogens (tertiary/aromatic N) is 1. The van der Waals surface area contributed by atoms with E-state index in [1.807, 2.05) is 0 Å². The largest absolute Gasteiger partial charge is 0.497 e. The molecule has 140 valence electrons. The Morgan fingerprint density at radius 2 is 2.08 bits per heavy atom. The fraction of sp³-hybridized carbons (Fsp3) is 0.444. The maximum atomic E-state index is 12.6. The van der Waals surface area contributed by atoms with Gasteiger partial charge in [0, 0.05) is 6.42 Å². The number of carboxylic acid groups (broad SMARTS) is 1. The molecule has 3 N–H and O–H groups in total. The minimum Gasteiger partial charge on any atom is -0.497 e. The number of aliphatic carboxylic acids is 1. The van der Waals surface area contributed by atoms with Crippen molar-refractivity contribution in [2.75, 3.05) is 13.7 Å². The first-order valence-corrected chi connectivity index (χ1v) is 8.22. The van der Waals surface area contributed by atoms with Crippen molar-refractivity contribution in [3.63, 3.8) is 0 Å². The van der Waals surface area contributed by atoms with E-state index in [0.29, 0.717) is 11.3 Å². The van der Waals surface area contributed by atoms with Crippen LogP contribution in [-0.2, 0) is 20.7 Å². The summed E-state index contributed by atoms with van der Waals surface area (Å²) in [6.45, 7) is 1.03. The minimum absolute atomic E-state index is 0.00446. The molecule has 26 heavy (non-hydrogen) atoms. The third-order valence-corrected chi connectivity index (χ3v) is 4.92. The van der Waals surface area contributed by atoms with Crippen LogP contribution >= 0.6 is 0 Å². The normalized spacial score (nSPS) is 29.8. The van der Waals surface area contributed by atoms with E-state index in [0.717, 1.165) is 4.90 Å². The Kier molecular flexibility index (Phi) is 4.64. The van der Waals surface area contributed by atoms with Gasteiger partial charge >= 0.3 is 5.97 Å². The van der Waals surface area contributed by atoms with Crippen LogP contribution in [0.4, 0.5) is 0 Å². The van der Waals surface area contributed by atoms with Crippen LogP contribution in [0.15, 0.2) is 36.1 Å². The van der Waals surface area contributed by atoms with Gasteiger partial charge in [-0.05, 0) is 30.7 Å². The molecule has 2 fully saturated rings. The number of β-lactam (4-membered cyclic amide) rings is 1. The van der Waals surface area contributed by atoms with Gasteiger partial charge in [-0.25, -0.2) is 4.79 Å². The molecule has 0 radical (unpaired) electrons. The van der Waals surface area contributed by atoms with Gasteiger partial charge < -0.3 is 24.8 Å². The molecule has 0 saturated carbocycles. The quantitative estimate of drug-likeness (QED) is 0.615. The Morgan fingerprint density at radius 3 is 2.58 bits per heavy atom. The van der Waals surface area contributed by atoms with Crippen molar-refractivity contribution in [2.24, 2.45) is 5.92 Å². The lowest BCUT2D eigenvalue weighted by molar-refractivity contribution is -0.192. The van der Waals surface area contributed by atoms with E-state index in [2.05, 4.69) is 0 Å². The maximum Gasteiger partial charge on any atom is 0.338 e. The number of aliphatic hydroxyl groups is 2. The molecule has 0 spiro atoms. The Labute approximate surface area is 150 Å². The van der Waals surface area contributed by atoms with Crippen LogP contribution in [0.1, 0.15) is 12.5 Å². The fourth-order valence-corrected chi connectivity index (χ4v) is 3.60. The molecule has 0 bridgehead atoms. The maximum absolute atomic E-state index is 12.6. The number of ether oxygens (including phenoxy) is 2. The van der Waals surface area contributed by atoms with E-state index < -0.39 is 42.3 Å². The van der Waals surface area contributed by atoms with Crippen LogP contribution in [0, 0.1) is 5.92 Å². The van der Waals surface area contributed by atoms with E-state index >= 15 is 0 Å². The van der Waals surface area contributed by atoms with Gasteiger partial charge in [-0.3, -0.25) is 9.69 Å². The van der Waals surface area contributed by atoms with Crippen molar-refractivity contribution in [3.05, 3.63) is 41.7 Å². The molecule has 0 aliphatic carbocycles. The molecule has 2 heterocycles. The number of carbonyl (C=O) groups excluding carboxylic acids is 1. The topological polar surface area (TPSA) is 117 Å². The summed E-state index contributed by atoms with van der Waals surface area (Å²) in [6.07, 6.45) is -0.616.